The first-order valence-corrected chi connectivity index (χ1v) is 7.13. The van der Waals surface area contributed by atoms with E-state index in [0.717, 1.165) is 12.0 Å². The molecule has 1 amide bonds. The molecule has 0 saturated carbocycles. The molecule has 0 unspecified atom stereocenters. The Morgan fingerprint density at radius 3 is 2.38 bits per heavy atom. The minimum atomic E-state index is -1.26. The molecule has 5 nitrogen and oxygen atoms in total. The second-order valence-corrected chi connectivity index (χ2v) is 5.41. The molecule has 116 valence electrons. The summed E-state index contributed by atoms with van der Waals surface area (Å²) in [7, 11) is 0. The van der Waals surface area contributed by atoms with Gasteiger partial charge in [0.05, 0.1) is 0 Å². The molecule has 2 N–H and O–H groups in total. The first kappa shape index (κ1) is 17.0. The van der Waals surface area contributed by atoms with Gasteiger partial charge in [-0.15, -0.1) is 0 Å². The summed E-state index contributed by atoms with van der Waals surface area (Å²) in [5.41, 5.74) is -0.246. The molecule has 0 bridgehead atoms. The van der Waals surface area contributed by atoms with Crippen molar-refractivity contribution in [2.75, 3.05) is 6.54 Å². The van der Waals surface area contributed by atoms with Crippen molar-refractivity contribution >= 4 is 11.9 Å². The number of ether oxygens (including phenoxy) is 1. The molecule has 5 heteroatoms. The number of nitrogens with one attached hydrogen (secondary N) is 1. The maximum atomic E-state index is 11.5. The molecule has 21 heavy (non-hydrogen) atoms. The van der Waals surface area contributed by atoms with E-state index in [4.69, 9.17) is 9.84 Å². The number of hydrogen-bond acceptors (Lipinski definition) is 3. The summed E-state index contributed by atoms with van der Waals surface area (Å²) in [5, 5.41) is 11.8. The number of carbonyl (C=O) groups is 2. The summed E-state index contributed by atoms with van der Waals surface area (Å²) in [6.45, 7) is 5.72. The summed E-state index contributed by atoms with van der Waals surface area (Å²) < 4.78 is 5.42. The molecule has 0 aliphatic carbocycles. The van der Waals surface area contributed by atoms with Crippen molar-refractivity contribution in [1.29, 1.82) is 0 Å². The highest BCUT2D eigenvalue weighted by Gasteiger charge is 2.29. The van der Waals surface area contributed by atoms with E-state index in [1.54, 1.807) is 12.1 Å². The molecule has 1 aromatic rings. The topological polar surface area (TPSA) is 75.6 Å². The van der Waals surface area contributed by atoms with E-state index < -0.39 is 11.6 Å². The van der Waals surface area contributed by atoms with Crippen LogP contribution in [0.2, 0.25) is 0 Å². The Labute approximate surface area is 125 Å². The molecule has 0 heterocycles. The molecule has 0 aliphatic heterocycles. The first-order valence-electron chi connectivity index (χ1n) is 7.13. The van der Waals surface area contributed by atoms with Crippen LogP contribution in [0.4, 0.5) is 0 Å². The third-order valence-electron chi connectivity index (χ3n) is 3.02. The van der Waals surface area contributed by atoms with Crippen molar-refractivity contribution in [2.24, 2.45) is 0 Å². The van der Waals surface area contributed by atoms with Gasteiger partial charge < -0.3 is 15.2 Å². The maximum Gasteiger partial charge on any atom is 0.347 e. The number of aliphatic carboxylic acids is 1. The van der Waals surface area contributed by atoms with Crippen LogP contribution < -0.4 is 10.1 Å². The molecule has 0 aromatic heterocycles. The molecule has 0 radical (unpaired) electrons. The van der Waals surface area contributed by atoms with Crippen LogP contribution in [0, 0.1) is 0 Å². The number of aryl methyl sites for hydroxylation is 1. The Bertz CT molecular complexity index is 480. The lowest BCUT2D eigenvalue weighted by atomic mass is 10.1. The van der Waals surface area contributed by atoms with Gasteiger partial charge in [0.2, 0.25) is 5.91 Å². The fourth-order valence-electron chi connectivity index (χ4n) is 1.67. The average molecular weight is 293 g/mol. The number of carbonyl (C=O) groups excluding carboxylic acids is 1. The van der Waals surface area contributed by atoms with Gasteiger partial charge in [-0.2, -0.15) is 0 Å². The van der Waals surface area contributed by atoms with Crippen molar-refractivity contribution in [3.8, 4) is 5.75 Å². The molecular formula is C16H23NO4. The van der Waals surface area contributed by atoms with E-state index in [1.165, 1.54) is 13.8 Å². The van der Waals surface area contributed by atoms with Crippen molar-refractivity contribution < 1.29 is 19.4 Å². The fourth-order valence-corrected chi connectivity index (χ4v) is 1.67. The number of carboxylic acid groups (broad SMARTS) is 1. The molecule has 1 rings (SSSR count). The lowest BCUT2D eigenvalue weighted by Crippen LogP contribution is -2.37. The molecule has 0 aliphatic rings. The Morgan fingerprint density at radius 1 is 1.24 bits per heavy atom. The third kappa shape index (κ3) is 5.85. The third-order valence-corrected chi connectivity index (χ3v) is 3.02. The molecular weight excluding hydrogens is 270 g/mol. The van der Waals surface area contributed by atoms with Crippen LogP contribution in [-0.2, 0) is 16.0 Å². The predicted molar refractivity (Wildman–Crippen MR) is 80.4 cm³/mol. The molecule has 0 fully saturated rings. The van der Waals surface area contributed by atoms with E-state index in [0.29, 0.717) is 25.1 Å². The monoisotopic (exact) mass is 293 g/mol. The summed E-state index contributed by atoms with van der Waals surface area (Å²) in [4.78, 5) is 22.5. The summed E-state index contributed by atoms with van der Waals surface area (Å²) in [6, 6.07) is 7.15. The molecule has 0 spiro atoms. The lowest BCUT2D eigenvalue weighted by Gasteiger charge is -2.21. The largest absolute Gasteiger partial charge is 0.478 e. The van der Waals surface area contributed by atoms with Crippen molar-refractivity contribution in [1.82, 2.24) is 5.32 Å². The fraction of sp³-hybridized carbons (Fsp3) is 0.500. The minimum Gasteiger partial charge on any atom is -0.478 e. The second kappa shape index (κ2) is 7.67. The van der Waals surface area contributed by atoms with Gasteiger partial charge in [0.25, 0.3) is 0 Å². The predicted octanol–water partition coefficient (Wildman–Crippen LogP) is 2.39. The van der Waals surface area contributed by atoms with Crippen molar-refractivity contribution in [3.63, 3.8) is 0 Å². The zero-order valence-electron chi connectivity index (χ0n) is 12.8. The van der Waals surface area contributed by atoms with Crippen LogP contribution in [-0.4, -0.2) is 29.1 Å². The Hall–Kier alpha value is -2.04. The molecule has 0 saturated heterocycles. The van der Waals surface area contributed by atoms with Gasteiger partial charge in [-0.1, -0.05) is 19.1 Å². The Morgan fingerprint density at radius 2 is 1.86 bits per heavy atom. The highest BCUT2D eigenvalue weighted by atomic mass is 16.5. The van der Waals surface area contributed by atoms with Crippen LogP contribution in [0.1, 0.15) is 39.2 Å². The average Bonchev–Trinajstić information content (AvgIpc) is 2.43. The quantitative estimate of drug-likeness (QED) is 0.771. The van der Waals surface area contributed by atoms with Crippen LogP contribution in [0.5, 0.6) is 5.75 Å². The van der Waals surface area contributed by atoms with Crippen LogP contribution in [0.15, 0.2) is 24.3 Å². The maximum absolute atomic E-state index is 11.5. The van der Waals surface area contributed by atoms with Crippen LogP contribution in [0.25, 0.3) is 0 Å². The van der Waals surface area contributed by atoms with E-state index in [-0.39, 0.29) is 5.91 Å². The first-order chi connectivity index (χ1) is 9.85. The highest BCUT2D eigenvalue weighted by molar-refractivity contribution is 5.77. The van der Waals surface area contributed by atoms with Crippen LogP contribution in [0.3, 0.4) is 0 Å². The number of amides is 1. The van der Waals surface area contributed by atoms with Crippen molar-refractivity contribution in [2.45, 2.75) is 45.6 Å². The summed E-state index contributed by atoms with van der Waals surface area (Å²) >= 11 is 0. The standard InChI is InChI=1S/C16H23NO4/c1-4-11-17-14(18)10-7-12-5-8-13(9-6-12)21-16(2,3)15(19)20/h5-6,8-9H,4,7,10-11H2,1-3H3,(H,17,18)(H,19,20). The second-order valence-electron chi connectivity index (χ2n) is 5.41. The Balaban J connectivity index is 2.51. The summed E-state index contributed by atoms with van der Waals surface area (Å²) in [6.07, 6.45) is 2.02. The van der Waals surface area contributed by atoms with Gasteiger partial charge in [-0.3, -0.25) is 4.79 Å². The smallest absolute Gasteiger partial charge is 0.347 e. The minimum absolute atomic E-state index is 0.0455. The van der Waals surface area contributed by atoms with Gasteiger partial charge in [0.15, 0.2) is 5.60 Å². The normalized spacial score (nSPS) is 11.0. The molecule has 1 aromatic carbocycles. The van der Waals surface area contributed by atoms with E-state index in [9.17, 15) is 9.59 Å². The number of carboxylic acids is 1. The van der Waals surface area contributed by atoms with Crippen LogP contribution >= 0.6 is 0 Å². The molecule has 0 atom stereocenters. The Kier molecular flexibility index (Phi) is 6.21. The van der Waals surface area contributed by atoms with E-state index >= 15 is 0 Å². The van der Waals surface area contributed by atoms with Gasteiger partial charge in [0, 0.05) is 13.0 Å². The van der Waals surface area contributed by atoms with Crippen molar-refractivity contribution in [3.05, 3.63) is 29.8 Å². The van der Waals surface area contributed by atoms with Gasteiger partial charge >= 0.3 is 5.97 Å². The summed E-state index contributed by atoms with van der Waals surface area (Å²) in [5.74, 6) is -0.468. The lowest BCUT2D eigenvalue weighted by molar-refractivity contribution is -0.152. The zero-order chi connectivity index (χ0) is 15.9. The number of benzene rings is 1. The zero-order valence-corrected chi connectivity index (χ0v) is 12.8. The SMILES string of the molecule is CCCNC(=O)CCc1ccc(OC(C)(C)C(=O)O)cc1. The highest BCUT2D eigenvalue weighted by Crippen LogP contribution is 2.19. The number of hydrogen-bond donors (Lipinski definition) is 2. The van der Waals surface area contributed by atoms with Gasteiger partial charge in [-0.25, -0.2) is 4.79 Å². The van der Waals surface area contributed by atoms with Gasteiger partial charge in [0.1, 0.15) is 5.75 Å². The van der Waals surface area contributed by atoms with E-state index in [1.807, 2.05) is 19.1 Å². The number of rotatable bonds is 8. The van der Waals surface area contributed by atoms with Gasteiger partial charge in [-0.05, 0) is 44.4 Å². The van der Waals surface area contributed by atoms with E-state index in [2.05, 4.69) is 5.32 Å².